The van der Waals surface area contributed by atoms with Gasteiger partial charge in [0.15, 0.2) is 18.1 Å². The number of hydrogen-bond acceptors (Lipinski definition) is 5. The van der Waals surface area contributed by atoms with Crippen molar-refractivity contribution in [3.8, 4) is 17.6 Å². The molecule has 172 valence electrons. The average Bonchev–Trinajstić information content (AvgIpc) is 2.86. The van der Waals surface area contributed by atoms with Gasteiger partial charge in [-0.2, -0.15) is 5.26 Å². The molecule has 0 unspecified atom stereocenters. The number of nitrogens with zero attached hydrogens (tertiary/aromatic N) is 1. The third-order valence-electron chi connectivity index (χ3n) is 4.65. The molecule has 0 fully saturated rings. The summed E-state index contributed by atoms with van der Waals surface area (Å²) >= 11 is 0. The quantitative estimate of drug-likeness (QED) is 0.371. The summed E-state index contributed by atoms with van der Waals surface area (Å²) in [5.41, 5.74) is 1.84. The van der Waals surface area contributed by atoms with Crippen molar-refractivity contribution in [2.24, 2.45) is 0 Å². The van der Waals surface area contributed by atoms with Gasteiger partial charge in [-0.05, 0) is 53.6 Å². The van der Waals surface area contributed by atoms with Gasteiger partial charge in [0.2, 0.25) is 0 Å². The lowest BCUT2D eigenvalue weighted by Gasteiger charge is -2.12. The first-order valence-corrected chi connectivity index (χ1v) is 10.3. The second kappa shape index (κ2) is 11.8. The molecule has 2 N–H and O–H groups in total. The number of amides is 2. The zero-order valence-corrected chi connectivity index (χ0v) is 18.4. The van der Waals surface area contributed by atoms with Crippen LogP contribution in [0.25, 0.3) is 6.08 Å². The minimum Gasteiger partial charge on any atom is -0.493 e. The predicted octanol–water partition coefficient (Wildman–Crippen LogP) is 4.08. The number of nitriles is 1. The minimum absolute atomic E-state index is 0.0645. The van der Waals surface area contributed by atoms with Crippen LogP contribution < -0.4 is 20.1 Å². The van der Waals surface area contributed by atoms with Gasteiger partial charge in [0.1, 0.15) is 17.5 Å². The highest BCUT2D eigenvalue weighted by molar-refractivity contribution is 6.01. The van der Waals surface area contributed by atoms with Gasteiger partial charge in [0.25, 0.3) is 11.8 Å². The molecule has 0 radical (unpaired) electrons. The molecule has 0 aromatic heterocycles. The molecule has 0 aliphatic rings. The molecule has 0 heterocycles. The average molecular weight is 459 g/mol. The summed E-state index contributed by atoms with van der Waals surface area (Å²) < 4.78 is 23.8. The number of ether oxygens (including phenoxy) is 2. The lowest BCUT2D eigenvalue weighted by atomic mass is 10.1. The van der Waals surface area contributed by atoms with Gasteiger partial charge in [-0.25, -0.2) is 4.39 Å². The van der Waals surface area contributed by atoms with Gasteiger partial charge in [-0.15, -0.1) is 0 Å². The van der Waals surface area contributed by atoms with Crippen molar-refractivity contribution in [3.05, 3.63) is 95.3 Å². The maximum absolute atomic E-state index is 13.0. The van der Waals surface area contributed by atoms with Crippen molar-refractivity contribution in [1.82, 2.24) is 5.32 Å². The van der Waals surface area contributed by atoms with Crippen molar-refractivity contribution >= 4 is 23.6 Å². The molecular formula is C26H22FN3O4. The number of methoxy groups -OCH3 is 1. The molecule has 7 nitrogen and oxygen atoms in total. The van der Waals surface area contributed by atoms with Crippen molar-refractivity contribution in [1.29, 1.82) is 5.26 Å². The van der Waals surface area contributed by atoms with Gasteiger partial charge in [0, 0.05) is 12.2 Å². The van der Waals surface area contributed by atoms with E-state index in [-0.39, 0.29) is 12.2 Å². The number of nitrogens with one attached hydrogen (secondary N) is 2. The highest BCUT2D eigenvalue weighted by Gasteiger charge is 2.12. The third kappa shape index (κ3) is 6.93. The molecule has 3 rings (SSSR count). The molecule has 0 bridgehead atoms. The molecule has 0 saturated heterocycles. The number of carbonyl (C=O) groups excluding carboxylic acids is 2. The van der Waals surface area contributed by atoms with E-state index in [0.29, 0.717) is 29.3 Å². The number of anilines is 1. The second-order valence-corrected chi connectivity index (χ2v) is 7.09. The van der Waals surface area contributed by atoms with Gasteiger partial charge in [-0.1, -0.05) is 36.4 Å². The Labute approximate surface area is 196 Å². The van der Waals surface area contributed by atoms with Crippen LogP contribution in [0.5, 0.6) is 11.5 Å². The van der Waals surface area contributed by atoms with Crippen LogP contribution in [0.3, 0.4) is 0 Å². The Kier molecular flexibility index (Phi) is 8.36. The monoisotopic (exact) mass is 459 g/mol. The molecule has 0 atom stereocenters. The van der Waals surface area contributed by atoms with Gasteiger partial charge in [-0.3, -0.25) is 9.59 Å². The highest BCUT2D eigenvalue weighted by atomic mass is 19.1. The second-order valence-electron chi connectivity index (χ2n) is 7.09. The van der Waals surface area contributed by atoms with E-state index in [4.69, 9.17) is 9.47 Å². The predicted molar refractivity (Wildman–Crippen MR) is 125 cm³/mol. The molecule has 2 amide bonds. The molecule has 3 aromatic rings. The zero-order chi connectivity index (χ0) is 24.3. The fraction of sp³-hybridized carbons (Fsp3) is 0.115. The van der Waals surface area contributed by atoms with E-state index in [1.807, 2.05) is 36.4 Å². The molecule has 0 aliphatic carbocycles. The van der Waals surface area contributed by atoms with Crippen LogP contribution in [0.15, 0.2) is 78.4 Å². The topological polar surface area (TPSA) is 100 Å². The first-order valence-electron chi connectivity index (χ1n) is 10.3. The smallest absolute Gasteiger partial charge is 0.262 e. The Hall–Kier alpha value is -4.64. The number of hydrogen-bond donors (Lipinski definition) is 2. The van der Waals surface area contributed by atoms with Crippen molar-refractivity contribution < 1.29 is 23.5 Å². The fourth-order valence-corrected chi connectivity index (χ4v) is 2.96. The number of rotatable bonds is 9. The van der Waals surface area contributed by atoms with E-state index >= 15 is 0 Å². The molecule has 0 spiro atoms. The van der Waals surface area contributed by atoms with E-state index in [1.54, 1.807) is 18.2 Å². The summed E-state index contributed by atoms with van der Waals surface area (Å²) in [5.74, 6) is -0.699. The highest BCUT2D eigenvalue weighted by Crippen LogP contribution is 2.29. The Bertz CT molecular complexity index is 1220. The number of carbonyl (C=O) groups is 2. The maximum Gasteiger partial charge on any atom is 0.262 e. The number of halogens is 1. The number of benzene rings is 3. The molecule has 34 heavy (non-hydrogen) atoms. The lowest BCUT2D eigenvalue weighted by Crippen LogP contribution is -2.23. The molecule has 0 saturated carbocycles. The van der Waals surface area contributed by atoms with Crippen molar-refractivity contribution in [2.75, 3.05) is 19.0 Å². The summed E-state index contributed by atoms with van der Waals surface area (Å²) in [4.78, 5) is 24.5. The standard InChI is InChI=1S/C26H22FN3O4/c1-33-24-14-19(13-20(15-28)26(32)29-16-18-5-3-2-4-6-18)7-12-23(24)34-17-25(31)30-22-10-8-21(27)9-11-22/h2-14H,16-17H2,1H3,(H,29,32)(H,30,31). The van der Waals surface area contributed by atoms with Gasteiger partial charge < -0.3 is 20.1 Å². The van der Waals surface area contributed by atoms with E-state index in [2.05, 4.69) is 10.6 Å². The van der Waals surface area contributed by atoms with E-state index in [1.165, 1.54) is 37.5 Å². The third-order valence-corrected chi connectivity index (χ3v) is 4.65. The lowest BCUT2D eigenvalue weighted by molar-refractivity contribution is -0.118. The van der Waals surface area contributed by atoms with E-state index in [9.17, 15) is 19.2 Å². The first-order chi connectivity index (χ1) is 16.5. The summed E-state index contributed by atoms with van der Waals surface area (Å²) in [6, 6.07) is 21.4. The van der Waals surface area contributed by atoms with Crippen LogP contribution in [0, 0.1) is 17.1 Å². The van der Waals surface area contributed by atoms with E-state index < -0.39 is 17.6 Å². The van der Waals surface area contributed by atoms with Crippen LogP contribution in [-0.4, -0.2) is 25.5 Å². The Morgan fingerprint density at radius 2 is 1.76 bits per heavy atom. The maximum atomic E-state index is 13.0. The minimum atomic E-state index is -0.497. The van der Waals surface area contributed by atoms with Crippen molar-refractivity contribution in [2.45, 2.75) is 6.54 Å². The van der Waals surface area contributed by atoms with Crippen LogP contribution in [0.4, 0.5) is 10.1 Å². The zero-order valence-electron chi connectivity index (χ0n) is 18.4. The summed E-state index contributed by atoms with van der Waals surface area (Å²) in [7, 11) is 1.44. The summed E-state index contributed by atoms with van der Waals surface area (Å²) in [6.45, 7) is 0.00301. The molecule has 3 aromatic carbocycles. The van der Waals surface area contributed by atoms with E-state index in [0.717, 1.165) is 5.56 Å². The Morgan fingerprint density at radius 1 is 1.03 bits per heavy atom. The van der Waals surface area contributed by atoms with Gasteiger partial charge >= 0.3 is 0 Å². The van der Waals surface area contributed by atoms with Crippen LogP contribution in [0.2, 0.25) is 0 Å². The molecular weight excluding hydrogens is 437 g/mol. The van der Waals surface area contributed by atoms with Crippen LogP contribution >= 0.6 is 0 Å². The van der Waals surface area contributed by atoms with Crippen LogP contribution in [-0.2, 0) is 16.1 Å². The Morgan fingerprint density at radius 3 is 2.44 bits per heavy atom. The summed E-state index contributed by atoms with van der Waals surface area (Å²) in [5, 5.41) is 14.7. The van der Waals surface area contributed by atoms with Crippen molar-refractivity contribution in [3.63, 3.8) is 0 Å². The largest absolute Gasteiger partial charge is 0.493 e. The fourth-order valence-electron chi connectivity index (χ4n) is 2.96. The first kappa shape index (κ1) is 24.0. The molecule has 0 aliphatic heterocycles. The SMILES string of the molecule is COc1cc(C=C(C#N)C(=O)NCc2ccccc2)ccc1OCC(=O)Nc1ccc(F)cc1. The van der Waals surface area contributed by atoms with Crippen LogP contribution in [0.1, 0.15) is 11.1 Å². The summed E-state index contributed by atoms with van der Waals surface area (Å²) in [6.07, 6.45) is 1.44. The van der Waals surface area contributed by atoms with Gasteiger partial charge in [0.05, 0.1) is 7.11 Å². The normalized spacial score (nSPS) is 10.7. The molecule has 8 heteroatoms. The Balaban J connectivity index is 1.62.